The predicted octanol–water partition coefficient (Wildman–Crippen LogP) is 5.26. The summed E-state index contributed by atoms with van der Waals surface area (Å²) >= 11 is 6.34. The van der Waals surface area contributed by atoms with Crippen molar-refractivity contribution in [2.45, 2.75) is 76.3 Å². The number of unbranched alkanes of at least 4 members (excludes halogenated alkanes) is 3. The van der Waals surface area contributed by atoms with Crippen molar-refractivity contribution in [3.8, 4) is 0 Å². The molecule has 5 nitrogen and oxygen atoms in total. The zero-order chi connectivity index (χ0) is 25.4. The van der Waals surface area contributed by atoms with E-state index in [-0.39, 0.29) is 11.8 Å². The summed E-state index contributed by atoms with van der Waals surface area (Å²) < 4.78 is 0. The van der Waals surface area contributed by atoms with Crippen LogP contribution < -0.4 is 5.32 Å². The van der Waals surface area contributed by atoms with Gasteiger partial charge in [0.2, 0.25) is 11.8 Å². The number of nitrogens with one attached hydrogen (secondary N) is 1. The van der Waals surface area contributed by atoms with Crippen LogP contribution in [0.5, 0.6) is 0 Å². The van der Waals surface area contributed by atoms with Crippen LogP contribution in [0.3, 0.4) is 0 Å². The number of rotatable bonds is 11. The number of piperidine rings is 1. The fraction of sp³-hybridized carbons (Fsp3) is 0.533. The number of benzene rings is 2. The maximum absolute atomic E-state index is 13.6. The summed E-state index contributed by atoms with van der Waals surface area (Å²) in [5.74, 6) is 0.0383. The Bertz CT molecular complexity index is 1000. The molecule has 1 spiro atoms. The first-order valence-corrected chi connectivity index (χ1v) is 14.0. The lowest BCUT2D eigenvalue weighted by Crippen LogP contribution is -2.73. The van der Waals surface area contributed by atoms with Crippen LogP contribution in [0.15, 0.2) is 54.6 Å². The molecule has 0 saturated carbocycles. The minimum atomic E-state index is -0.712. The van der Waals surface area contributed by atoms with Crippen molar-refractivity contribution in [2.24, 2.45) is 0 Å². The molecule has 2 amide bonds. The SMILES string of the molecule is CCCN1C(=O)[C@H](Cc2ccccc2Cl)NC(=O)C12CCN(CCCCCCc1ccccc1)CC2. The van der Waals surface area contributed by atoms with Crippen molar-refractivity contribution < 1.29 is 9.59 Å². The van der Waals surface area contributed by atoms with Gasteiger partial charge in [-0.15, -0.1) is 0 Å². The van der Waals surface area contributed by atoms with E-state index in [1.807, 2.05) is 29.2 Å². The third kappa shape index (κ3) is 6.30. The third-order valence-electron chi connectivity index (χ3n) is 7.85. The molecule has 1 atom stereocenters. The number of likely N-dealkylation sites (tertiary alicyclic amines) is 1. The fourth-order valence-corrected chi connectivity index (χ4v) is 5.97. The lowest BCUT2D eigenvalue weighted by atomic mass is 9.81. The van der Waals surface area contributed by atoms with Crippen LogP contribution >= 0.6 is 11.6 Å². The molecule has 2 aromatic rings. The second-order valence-corrected chi connectivity index (χ2v) is 10.7. The topological polar surface area (TPSA) is 52.7 Å². The minimum absolute atomic E-state index is 0.00756. The van der Waals surface area contributed by atoms with Gasteiger partial charge in [0.25, 0.3) is 0 Å². The molecule has 2 saturated heterocycles. The fourth-order valence-electron chi connectivity index (χ4n) is 5.75. The summed E-state index contributed by atoms with van der Waals surface area (Å²) in [5, 5.41) is 3.71. The molecule has 0 unspecified atom stereocenters. The number of aryl methyl sites for hydroxylation is 1. The van der Waals surface area contributed by atoms with Gasteiger partial charge in [-0.1, -0.05) is 79.9 Å². The van der Waals surface area contributed by atoms with Gasteiger partial charge >= 0.3 is 0 Å². The zero-order valence-electron chi connectivity index (χ0n) is 21.6. The van der Waals surface area contributed by atoms with E-state index < -0.39 is 11.6 Å². The van der Waals surface area contributed by atoms with Crippen molar-refractivity contribution in [1.29, 1.82) is 0 Å². The van der Waals surface area contributed by atoms with Crippen molar-refractivity contribution in [3.05, 3.63) is 70.7 Å². The summed E-state index contributed by atoms with van der Waals surface area (Å²) in [5.41, 5.74) is 1.60. The van der Waals surface area contributed by atoms with Crippen LogP contribution in [0.1, 0.15) is 63.0 Å². The van der Waals surface area contributed by atoms with Gasteiger partial charge in [-0.3, -0.25) is 9.59 Å². The van der Waals surface area contributed by atoms with Crippen molar-refractivity contribution in [3.63, 3.8) is 0 Å². The first kappa shape index (κ1) is 26.7. The molecule has 6 heteroatoms. The number of carbonyl (C=O) groups is 2. The first-order chi connectivity index (χ1) is 17.5. The number of hydrogen-bond donors (Lipinski definition) is 1. The van der Waals surface area contributed by atoms with E-state index in [9.17, 15) is 9.59 Å². The normalized spacial score (nSPS) is 20.1. The lowest BCUT2D eigenvalue weighted by molar-refractivity contribution is -0.161. The van der Waals surface area contributed by atoms with Crippen LogP contribution in [-0.4, -0.2) is 59.4 Å². The van der Waals surface area contributed by atoms with Gasteiger partial charge in [0.15, 0.2) is 0 Å². The number of halogens is 1. The molecule has 2 aliphatic rings. The average molecular weight is 510 g/mol. The van der Waals surface area contributed by atoms with Gasteiger partial charge in [0.05, 0.1) is 0 Å². The molecule has 4 rings (SSSR count). The minimum Gasteiger partial charge on any atom is -0.342 e. The maximum Gasteiger partial charge on any atom is 0.246 e. The Morgan fingerprint density at radius 3 is 2.33 bits per heavy atom. The molecule has 36 heavy (non-hydrogen) atoms. The van der Waals surface area contributed by atoms with E-state index in [4.69, 9.17) is 11.6 Å². The van der Waals surface area contributed by atoms with E-state index in [0.717, 1.165) is 38.0 Å². The second-order valence-electron chi connectivity index (χ2n) is 10.3. The number of hydrogen-bond acceptors (Lipinski definition) is 3. The molecule has 0 aliphatic carbocycles. The van der Waals surface area contributed by atoms with Crippen LogP contribution in [0.2, 0.25) is 5.02 Å². The molecule has 0 bridgehead atoms. The molecule has 2 heterocycles. The van der Waals surface area contributed by atoms with Gasteiger partial charge in [-0.2, -0.15) is 0 Å². The van der Waals surface area contributed by atoms with Gasteiger partial charge in [-0.05, 0) is 62.3 Å². The zero-order valence-corrected chi connectivity index (χ0v) is 22.3. The maximum atomic E-state index is 13.6. The average Bonchev–Trinajstić information content (AvgIpc) is 2.90. The van der Waals surface area contributed by atoms with Crippen molar-refractivity contribution in [1.82, 2.24) is 15.1 Å². The van der Waals surface area contributed by atoms with Gasteiger partial charge in [0.1, 0.15) is 11.6 Å². The van der Waals surface area contributed by atoms with E-state index >= 15 is 0 Å². The highest BCUT2D eigenvalue weighted by Gasteiger charge is 2.53. The van der Waals surface area contributed by atoms with E-state index in [0.29, 0.717) is 30.8 Å². The largest absolute Gasteiger partial charge is 0.342 e. The molecule has 1 N–H and O–H groups in total. The standard InChI is InChI=1S/C30H40ClN3O2/c1-2-19-34-28(35)27(23-25-15-9-10-16-26(25)31)32-29(36)30(34)17-21-33(22-18-30)20-11-4-3-6-12-24-13-7-5-8-14-24/h5,7-10,13-16,27H,2-4,6,11-12,17-23H2,1H3,(H,32,36)/t27-/m0/s1. The highest BCUT2D eigenvalue weighted by Crippen LogP contribution is 2.34. The Morgan fingerprint density at radius 1 is 0.917 bits per heavy atom. The monoisotopic (exact) mass is 509 g/mol. The Balaban J connectivity index is 1.27. The molecular formula is C30H40ClN3O2. The summed E-state index contributed by atoms with van der Waals surface area (Å²) in [6.07, 6.45) is 8.74. The Hall–Kier alpha value is -2.37. The molecule has 2 aromatic carbocycles. The molecule has 194 valence electrons. The quantitative estimate of drug-likeness (QED) is 0.420. The van der Waals surface area contributed by atoms with E-state index in [2.05, 4.69) is 47.5 Å². The van der Waals surface area contributed by atoms with Crippen LogP contribution in [-0.2, 0) is 22.4 Å². The molecular weight excluding hydrogens is 470 g/mol. The number of amides is 2. The Morgan fingerprint density at radius 2 is 1.61 bits per heavy atom. The number of carbonyl (C=O) groups excluding carboxylic acids is 2. The first-order valence-electron chi connectivity index (χ1n) is 13.7. The van der Waals surface area contributed by atoms with Crippen LogP contribution in [0, 0.1) is 0 Å². The summed E-state index contributed by atoms with van der Waals surface area (Å²) in [4.78, 5) is 31.4. The van der Waals surface area contributed by atoms with Gasteiger partial charge in [-0.25, -0.2) is 0 Å². The van der Waals surface area contributed by atoms with Crippen molar-refractivity contribution in [2.75, 3.05) is 26.2 Å². The summed E-state index contributed by atoms with van der Waals surface area (Å²) in [6.45, 7) is 5.48. The van der Waals surface area contributed by atoms with Crippen LogP contribution in [0.4, 0.5) is 0 Å². The van der Waals surface area contributed by atoms with Crippen LogP contribution in [0.25, 0.3) is 0 Å². The third-order valence-corrected chi connectivity index (χ3v) is 8.22. The molecule has 2 aliphatic heterocycles. The molecule has 2 fully saturated rings. The smallest absolute Gasteiger partial charge is 0.246 e. The predicted molar refractivity (Wildman–Crippen MR) is 146 cm³/mol. The van der Waals surface area contributed by atoms with E-state index in [1.165, 1.54) is 31.2 Å². The second kappa shape index (κ2) is 12.7. The number of nitrogens with zero attached hydrogens (tertiary/aromatic N) is 2. The van der Waals surface area contributed by atoms with E-state index in [1.54, 1.807) is 0 Å². The van der Waals surface area contributed by atoms with Crippen molar-refractivity contribution >= 4 is 23.4 Å². The molecule has 0 radical (unpaired) electrons. The summed E-state index contributed by atoms with van der Waals surface area (Å²) in [6, 6.07) is 17.7. The number of piperazine rings is 1. The highest BCUT2D eigenvalue weighted by molar-refractivity contribution is 6.31. The summed E-state index contributed by atoms with van der Waals surface area (Å²) in [7, 11) is 0. The molecule has 0 aromatic heterocycles. The Kier molecular flexibility index (Phi) is 9.44. The lowest BCUT2D eigenvalue weighted by Gasteiger charge is -2.51. The highest BCUT2D eigenvalue weighted by atomic mass is 35.5. The van der Waals surface area contributed by atoms with Gasteiger partial charge < -0.3 is 15.1 Å². The van der Waals surface area contributed by atoms with Gasteiger partial charge in [0, 0.05) is 31.1 Å². The Labute approximate surface area is 221 Å².